The molecule has 0 aromatic rings. The molecular weight excluding hydrogens is 252 g/mol. The zero-order valence-corrected chi connectivity index (χ0v) is 14.9. The molecule has 0 bridgehead atoms. The van der Waals surface area contributed by atoms with Gasteiger partial charge in [-0.25, -0.2) is 4.79 Å². The fraction of sp³-hybridized carbons (Fsp3) is 0.812. The maximum Gasteiger partial charge on any atom is 0.319 e. The van der Waals surface area contributed by atoms with Crippen LogP contribution in [0.5, 0.6) is 0 Å². The molecular formula is C16H32O2Si. The van der Waals surface area contributed by atoms with Crippen molar-refractivity contribution in [2.75, 3.05) is 0 Å². The van der Waals surface area contributed by atoms with Crippen LogP contribution in [0.3, 0.4) is 0 Å². The number of rotatable bonds is 8. The highest BCUT2D eigenvalue weighted by atomic mass is 28.4. The molecule has 0 aliphatic heterocycles. The molecule has 0 amide bonds. The summed E-state index contributed by atoms with van der Waals surface area (Å²) >= 11 is 0. The van der Waals surface area contributed by atoms with Gasteiger partial charge >= 0.3 is 5.97 Å². The van der Waals surface area contributed by atoms with E-state index in [0.717, 1.165) is 18.9 Å². The molecule has 2 nitrogen and oxygen atoms in total. The Bertz CT molecular complexity index is 300. The Hall–Kier alpha value is -0.573. The molecule has 19 heavy (non-hydrogen) atoms. The molecule has 0 rings (SSSR count). The maximum atomic E-state index is 12.1. The normalized spacial score (nSPS) is 17.7. The zero-order valence-electron chi connectivity index (χ0n) is 13.9. The Morgan fingerprint density at radius 1 is 1.11 bits per heavy atom. The van der Waals surface area contributed by atoms with Gasteiger partial charge < -0.3 is 4.43 Å². The Labute approximate surface area is 120 Å². The lowest BCUT2D eigenvalue weighted by Gasteiger charge is -2.41. The van der Waals surface area contributed by atoms with E-state index < -0.39 is 8.32 Å². The summed E-state index contributed by atoms with van der Waals surface area (Å²) in [6, 6.07) is 1.05. The van der Waals surface area contributed by atoms with Crippen molar-refractivity contribution in [1.82, 2.24) is 0 Å². The second kappa shape index (κ2) is 7.88. The van der Waals surface area contributed by atoms with Gasteiger partial charge in [0.15, 0.2) is 0 Å². The van der Waals surface area contributed by atoms with E-state index in [2.05, 4.69) is 48.1 Å². The van der Waals surface area contributed by atoms with Crippen LogP contribution in [0.2, 0.25) is 17.1 Å². The molecule has 0 saturated heterocycles. The van der Waals surface area contributed by atoms with Crippen molar-refractivity contribution in [3.8, 4) is 0 Å². The summed E-state index contributed by atoms with van der Waals surface area (Å²) in [5, 5.41) is 0. The van der Waals surface area contributed by atoms with Crippen molar-refractivity contribution >= 4 is 14.3 Å². The number of carbonyl (C=O) groups is 1. The minimum absolute atomic E-state index is 0.187. The topological polar surface area (TPSA) is 26.3 Å². The van der Waals surface area contributed by atoms with Crippen molar-refractivity contribution in [2.24, 2.45) is 5.92 Å². The summed E-state index contributed by atoms with van der Waals surface area (Å²) in [4.78, 5) is 12.1. The van der Waals surface area contributed by atoms with Crippen LogP contribution in [-0.2, 0) is 9.22 Å². The van der Waals surface area contributed by atoms with E-state index in [4.69, 9.17) is 4.43 Å². The molecule has 0 spiro atoms. The lowest BCUT2D eigenvalue weighted by molar-refractivity contribution is -0.131. The summed E-state index contributed by atoms with van der Waals surface area (Å²) in [5.74, 6) is 0.375. The van der Waals surface area contributed by atoms with Crippen molar-refractivity contribution in [1.29, 1.82) is 0 Å². The Balaban J connectivity index is 5.47. The smallest absolute Gasteiger partial charge is 0.319 e. The average molecular weight is 285 g/mol. The standard InChI is InChI=1S/C16H32O2Si/c1-9-14(7)19(11-12(3)4,15(8)10-2)18-16(17)13(5)6/h12,14-15H,5,9-11H2,1-4,6-8H3. The van der Waals surface area contributed by atoms with Crippen LogP contribution < -0.4 is 0 Å². The molecule has 0 aliphatic carbocycles. The molecule has 0 saturated carbocycles. The third-order valence-corrected chi connectivity index (χ3v) is 10.4. The zero-order chi connectivity index (χ0) is 15.2. The van der Waals surface area contributed by atoms with Gasteiger partial charge in [0.2, 0.25) is 0 Å². The first-order chi connectivity index (χ1) is 8.71. The van der Waals surface area contributed by atoms with Crippen LogP contribution in [-0.4, -0.2) is 14.3 Å². The van der Waals surface area contributed by atoms with Crippen LogP contribution >= 0.6 is 0 Å². The quantitative estimate of drug-likeness (QED) is 0.446. The van der Waals surface area contributed by atoms with Gasteiger partial charge in [-0.3, -0.25) is 0 Å². The van der Waals surface area contributed by atoms with Gasteiger partial charge in [-0.15, -0.1) is 0 Å². The highest BCUT2D eigenvalue weighted by Gasteiger charge is 2.47. The molecule has 2 unspecified atom stereocenters. The molecule has 2 atom stereocenters. The fourth-order valence-corrected chi connectivity index (χ4v) is 8.16. The fourth-order valence-electron chi connectivity index (χ4n) is 2.72. The average Bonchev–Trinajstić information content (AvgIpc) is 2.34. The predicted molar refractivity (Wildman–Crippen MR) is 85.7 cm³/mol. The SMILES string of the molecule is C=C(C)C(=O)O[Si](CC(C)C)(C(C)CC)C(C)CC. The summed E-state index contributed by atoms with van der Waals surface area (Å²) in [6.45, 7) is 18.8. The van der Waals surface area contributed by atoms with Gasteiger partial charge in [-0.1, -0.05) is 61.0 Å². The van der Waals surface area contributed by atoms with E-state index in [1.54, 1.807) is 6.92 Å². The van der Waals surface area contributed by atoms with E-state index >= 15 is 0 Å². The highest BCUT2D eigenvalue weighted by molar-refractivity contribution is 6.78. The molecule has 0 fully saturated rings. The van der Waals surface area contributed by atoms with Crippen molar-refractivity contribution in [2.45, 2.75) is 78.4 Å². The van der Waals surface area contributed by atoms with Crippen LogP contribution in [0.25, 0.3) is 0 Å². The second-order valence-corrected chi connectivity index (χ2v) is 10.8. The Kier molecular flexibility index (Phi) is 7.64. The first kappa shape index (κ1) is 18.4. The minimum atomic E-state index is -2.10. The molecule has 3 heteroatoms. The van der Waals surface area contributed by atoms with Gasteiger partial charge in [0, 0.05) is 5.57 Å². The lowest BCUT2D eigenvalue weighted by atomic mass is 10.3. The van der Waals surface area contributed by atoms with Crippen molar-refractivity contribution in [3.63, 3.8) is 0 Å². The van der Waals surface area contributed by atoms with Gasteiger partial charge in [0.25, 0.3) is 8.32 Å². The lowest BCUT2D eigenvalue weighted by Crippen LogP contribution is -2.49. The molecule has 0 aromatic heterocycles. The van der Waals surface area contributed by atoms with E-state index in [1.165, 1.54) is 0 Å². The van der Waals surface area contributed by atoms with Gasteiger partial charge in [0.1, 0.15) is 0 Å². The van der Waals surface area contributed by atoms with Gasteiger partial charge in [-0.2, -0.15) is 0 Å². The number of hydrogen-bond donors (Lipinski definition) is 0. The molecule has 0 aliphatic rings. The van der Waals surface area contributed by atoms with Crippen LogP contribution in [0.15, 0.2) is 12.2 Å². The highest BCUT2D eigenvalue weighted by Crippen LogP contribution is 2.43. The van der Waals surface area contributed by atoms with E-state index in [-0.39, 0.29) is 5.97 Å². The monoisotopic (exact) mass is 284 g/mol. The summed E-state index contributed by atoms with van der Waals surface area (Å²) in [6.07, 6.45) is 2.15. The Morgan fingerprint density at radius 3 is 1.79 bits per heavy atom. The van der Waals surface area contributed by atoms with Crippen molar-refractivity contribution in [3.05, 3.63) is 12.2 Å². The first-order valence-corrected chi connectivity index (χ1v) is 9.87. The van der Waals surface area contributed by atoms with Crippen LogP contribution in [0.1, 0.15) is 61.3 Å². The summed E-state index contributed by atoms with van der Waals surface area (Å²) in [5.41, 5.74) is 1.51. The van der Waals surface area contributed by atoms with Crippen LogP contribution in [0, 0.1) is 5.92 Å². The molecule has 112 valence electrons. The van der Waals surface area contributed by atoms with Crippen molar-refractivity contribution < 1.29 is 9.22 Å². The summed E-state index contributed by atoms with van der Waals surface area (Å²) in [7, 11) is -2.10. The molecule has 0 aromatic carbocycles. The van der Waals surface area contributed by atoms with E-state index in [9.17, 15) is 4.79 Å². The molecule has 0 radical (unpaired) electrons. The predicted octanol–water partition coefficient (Wildman–Crippen LogP) is 5.31. The first-order valence-electron chi connectivity index (χ1n) is 7.60. The second-order valence-electron chi connectivity index (χ2n) is 6.34. The maximum absolute atomic E-state index is 12.1. The third-order valence-electron chi connectivity index (χ3n) is 4.25. The third kappa shape index (κ3) is 4.79. The molecule has 0 heterocycles. The number of hydrogen-bond acceptors (Lipinski definition) is 2. The molecule has 0 N–H and O–H groups in total. The van der Waals surface area contributed by atoms with Gasteiger partial charge in [-0.05, 0) is 30.0 Å². The van der Waals surface area contributed by atoms with Crippen LogP contribution in [0.4, 0.5) is 0 Å². The largest absolute Gasteiger partial charge is 0.515 e. The van der Waals surface area contributed by atoms with E-state index in [0.29, 0.717) is 22.6 Å². The van der Waals surface area contributed by atoms with Gasteiger partial charge in [0.05, 0.1) is 0 Å². The Morgan fingerprint density at radius 2 is 1.53 bits per heavy atom. The van der Waals surface area contributed by atoms with E-state index in [1.807, 2.05) is 0 Å². The minimum Gasteiger partial charge on any atom is -0.515 e. The summed E-state index contributed by atoms with van der Waals surface area (Å²) < 4.78 is 6.12. The number of carbonyl (C=O) groups excluding carboxylic acids is 1.